The first kappa shape index (κ1) is 11.5. The van der Waals surface area contributed by atoms with Crippen molar-refractivity contribution in [2.45, 2.75) is 6.42 Å². The van der Waals surface area contributed by atoms with E-state index in [2.05, 4.69) is 4.99 Å². The Morgan fingerprint density at radius 2 is 1.94 bits per heavy atom. The molecule has 1 aliphatic rings. The van der Waals surface area contributed by atoms with Crippen LogP contribution in [0.2, 0.25) is 5.02 Å². The first-order valence-corrected chi connectivity index (χ1v) is 5.26. The molecule has 17 heavy (non-hydrogen) atoms. The molecule has 1 aromatic carbocycles. The normalized spacial score (nSPS) is 15.2. The van der Waals surface area contributed by atoms with Crippen LogP contribution in [-0.4, -0.2) is 23.1 Å². The van der Waals surface area contributed by atoms with Gasteiger partial charge in [-0.1, -0.05) is 23.7 Å². The summed E-state index contributed by atoms with van der Waals surface area (Å²) >= 11 is 5.74. The summed E-state index contributed by atoms with van der Waals surface area (Å²) in [5.74, 6) is -1.69. The SMILES string of the molecule is O=C(O)C1=C(c2ccc(Cl)cc2)N=CCC1=O. The molecule has 1 aliphatic heterocycles. The van der Waals surface area contributed by atoms with E-state index in [1.54, 1.807) is 24.3 Å². The van der Waals surface area contributed by atoms with E-state index in [-0.39, 0.29) is 17.7 Å². The Bertz CT molecular complexity index is 543. The van der Waals surface area contributed by atoms with Gasteiger partial charge in [-0.15, -0.1) is 0 Å². The molecule has 0 saturated carbocycles. The smallest absolute Gasteiger partial charge is 0.341 e. The van der Waals surface area contributed by atoms with Crippen LogP contribution in [0, 0.1) is 0 Å². The number of nitrogens with zero attached hydrogens (tertiary/aromatic N) is 1. The lowest BCUT2D eigenvalue weighted by molar-refractivity contribution is -0.134. The molecule has 0 saturated heterocycles. The molecule has 0 aromatic heterocycles. The minimum Gasteiger partial charge on any atom is -0.477 e. The molecule has 4 nitrogen and oxygen atoms in total. The second kappa shape index (κ2) is 4.51. The molecule has 2 rings (SSSR count). The summed E-state index contributed by atoms with van der Waals surface area (Å²) in [6, 6.07) is 6.52. The van der Waals surface area contributed by atoms with Gasteiger partial charge in [-0.2, -0.15) is 0 Å². The van der Waals surface area contributed by atoms with Gasteiger partial charge in [0.25, 0.3) is 0 Å². The predicted octanol–water partition coefficient (Wildman–Crippen LogP) is 2.18. The van der Waals surface area contributed by atoms with E-state index in [9.17, 15) is 9.59 Å². The van der Waals surface area contributed by atoms with Gasteiger partial charge in [0.05, 0.1) is 5.70 Å². The Balaban J connectivity index is 2.57. The lowest BCUT2D eigenvalue weighted by Gasteiger charge is -2.11. The summed E-state index contributed by atoms with van der Waals surface area (Å²) in [4.78, 5) is 26.6. The topological polar surface area (TPSA) is 66.7 Å². The van der Waals surface area contributed by atoms with Crippen LogP contribution in [0.5, 0.6) is 0 Å². The molecule has 0 aliphatic carbocycles. The van der Waals surface area contributed by atoms with E-state index in [0.717, 1.165) is 0 Å². The van der Waals surface area contributed by atoms with Crippen molar-refractivity contribution >= 4 is 35.3 Å². The molecule has 1 aromatic rings. The molecule has 0 bridgehead atoms. The highest BCUT2D eigenvalue weighted by molar-refractivity contribution is 6.30. The fourth-order valence-electron chi connectivity index (χ4n) is 1.57. The number of carboxylic acid groups (broad SMARTS) is 1. The van der Waals surface area contributed by atoms with Gasteiger partial charge in [-0.3, -0.25) is 9.79 Å². The average Bonchev–Trinajstić information content (AvgIpc) is 2.29. The van der Waals surface area contributed by atoms with E-state index in [1.807, 2.05) is 0 Å². The van der Waals surface area contributed by atoms with Crippen LogP contribution in [0.15, 0.2) is 34.8 Å². The van der Waals surface area contributed by atoms with Gasteiger partial charge in [-0.05, 0) is 12.1 Å². The fourth-order valence-corrected chi connectivity index (χ4v) is 1.69. The number of hydrogen-bond acceptors (Lipinski definition) is 3. The third kappa shape index (κ3) is 2.26. The second-order valence-electron chi connectivity index (χ2n) is 3.47. The summed E-state index contributed by atoms with van der Waals surface area (Å²) in [7, 11) is 0. The molecule has 0 radical (unpaired) electrons. The van der Waals surface area contributed by atoms with Gasteiger partial charge in [-0.25, -0.2) is 4.79 Å². The first-order valence-electron chi connectivity index (χ1n) is 4.89. The van der Waals surface area contributed by atoms with E-state index in [0.29, 0.717) is 10.6 Å². The number of aliphatic carboxylic acids is 1. The van der Waals surface area contributed by atoms with E-state index in [1.165, 1.54) is 6.21 Å². The molecule has 1 heterocycles. The van der Waals surface area contributed by atoms with Gasteiger partial charge >= 0.3 is 5.97 Å². The summed E-state index contributed by atoms with van der Waals surface area (Å²) in [6.45, 7) is 0. The molecular formula is C12H8ClNO3. The minimum atomic E-state index is -1.25. The highest BCUT2D eigenvalue weighted by Gasteiger charge is 2.25. The number of carbonyl (C=O) groups is 2. The third-order valence-electron chi connectivity index (χ3n) is 2.34. The zero-order chi connectivity index (χ0) is 12.4. The molecule has 0 spiro atoms. The number of ketones is 1. The molecular weight excluding hydrogens is 242 g/mol. The van der Waals surface area contributed by atoms with Crippen LogP contribution in [0.25, 0.3) is 5.70 Å². The molecule has 86 valence electrons. The standard InChI is InChI=1S/C12H8ClNO3/c13-8-3-1-7(2-4-8)11-10(12(16)17)9(15)5-6-14-11/h1-4,6H,5H2,(H,16,17). The fraction of sp³-hybridized carbons (Fsp3) is 0.0833. The predicted molar refractivity (Wildman–Crippen MR) is 64.1 cm³/mol. The van der Waals surface area contributed by atoms with Gasteiger partial charge < -0.3 is 5.11 Å². The third-order valence-corrected chi connectivity index (χ3v) is 2.60. The average molecular weight is 250 g/mol. The molecule has 0 unspecified atom stereocenters. The monoisotopic (exact) mass is 249 g/mol. The maximum atomic E-state index is 11.5. The Hall–Kier alpha value is -1.94. The van der Waals surface area contributed by atoms with Crippen molar-refractivity contribution in [2.24, 2.45) is 4.99 Å². The number of aliphatic imine (C=N–C) groups is 1. The van der Waals surface area contributed by atoms with Crippen LogP contribution < -0.4 is 0 Å². The molecule has 0 fully saturated rings. The molecule has 0 amide bonds. The van der Waals surface area contributed by atoms with Crippen molar-refractivity contribution in [3.63, 3.8) is 0 Å². The van der Waals surface area contributed by atoms with Gasteiger partial charge in [0.15, 0.2) is 5.78 Å². The Labute approximate surface area is 102 Å². The molecule has 1 N–H and O–H groups in total. The number of benzene rings is 1. The summed E-state index contributed by atoms with van der Waals surface area (Å²) in [5, 5.41) is 9.56. The van der Waals surface area contributed by atoms with Crippen LogP contribution in [0.3, 0.4) is 0 Å². The van der Waals surface area contributed by atoms with Crippen molar-refractivity contribution in [1.29, 1.82) is 0 Å². The van der Waals surface area contributed by atoms with E-state index in [4.69, 9.17) is 16.7 Å². The Kier molecular flexibility index (Phi) is 3.06. The number of rotatable bonds is 2. The lowest BCUT2D eigenvalue weighted by Crippen LogP contribution is -2.17. The molecule has 5 heteroatoms. The quantitative estimate of drug-likeness (QED) is 0.817. The summed E-state index contributed by atoms with van der Waals surface area (Å²) in [6.07, 6.45) is 1.44. The number of hydrogen-bond donors (Lipinski definition) is 1. The van der Waals surface area contributed by atoms with Crippen molar-refractivity contribution in [3.05, 3.63) is 40.4 Å². The summed E-state index contributed by atoms with van der Waals surface area (Å²) < 4.78 is 0. The van der Waals surface area contributed by atoms with Crippen LogP contribution in [-0.2, 0) is 9.59 Å². The number of Topliss-reactive ketones (excluding diaryl/α,β-unsaturated/α-hetero) is 1. The zero-order valence-corrected chi connectivity index (χ0v) is 9.44. The van der Waals surface area contributed by atoms with Crippen molar-refractivity contribution in [3.8, 4) is 0 Å². The number of halogens is 1. The second-order valence-corrected chi connectivity index (χ2v) is 3.91. The van der Waals surface area contributed by atoms with E-state index < -0.39 is 11.8 Å². The van der Waals surface area contributed by atoms with Crippen LogP contribution in [0.1, 0.15) is 12.0 Å². The van der Waals surface area contributed by atoms with Gasteiger partial charge in [0.1, 0.15) is 5.57 Å². The largest absolute Gasteiger partial charge is 0.477 e. The van der Waals surface area contributed by atoms with Gasteiger partial charge in [0.2, 0.25) is 0 Å². The Morgan fingerprint density at radius 3 is 2.53 bits per heavy atom. The van der Waals surface area contributed by atoms with Crippen LogP contribution >= 0.6 is 11.6 Å². The number of carbonyl (C=O) groups excluding carboxylic acids is 1. The highest BCUT2D eigenvalue weighted by atomic mass is 35.5. The van der Waals surface area contributed by atoms with Crippen molar-refractivity contribution in [1.82, 2.24) is 0 Å². The molecule has 0 atom stereocenters. The van der Waals surface area contributed by atoms with Gasteiger partial charge in [0, 0.05) is 23.2 Å². The Morgan fingerprint density at radius 1 is 1.29 bits per heavy atom. The van der Waals surface area contributed by atoms with Crippen molar-refractivity contribution in [2.75, 3.05) is 0 Å². The zero-order valence-electron chi connectivity index (χ0n) is 8.68. The maximum Gasteiger partial charge on any atom is 0.341 e. The maximum absolute atomic E-state index is 11.5. The lowest BCUT2D eigenvalue weighted by atomic mass is 9.99. The van der Waals surface area contributed by atoms with E-state index >= 15 is 0 Å². The highest BCUT2D eigenvalue weighted by Crippen LogP contribution is 2.25. The first-order chi connectivity index (χ1) is 8.09. The van der Waals surface area contributed by atoms with Crippen LogP contribution in [0.4, 0.5) is 0 Å². The van der Waals surface area contributed by atoms with Crippen molar-refractivity contribution < 1.29 is 14.7 Å². The minimum absolute atomic E-state index is 0.0265. The number of carboxylic acids is 1. The summed E-state index contributed by atoms with van der Waals surface area (Å²) in [5.41, 5.74) is 0.483.